The number of guanidine groups is 1. The van der Waals surface area contributed by atoms with Gasteiger partial charge in [0.25, 0.3) is 0 Å². The fraction of sp³-hybridized carbons (Fsp3) is 0.895. The number of rotatable bonds is 8. The maximum Gasteiger partial charge on any atom is 0.225 e. The summed E-state index contributed by atoms with van der Waals surface area (Å²) in [5.74, 6) is 1.43. The lowest BCUT2D eigenvalue weighted by atomic mass is 9.98. The molecule has 2 N–H and O–H groups in total. The zero-order valence-corrected chi connectivity index (χ0v) is 17.8. The average Bonchev–Trinajstić information content (AvgIpc) is 2.61. The maximum absolute atomic E-state index is 12.5. The normalized spacial score (nSPS) is 17.1. The van der Waals surface area contributed by atoms with Crippen molar-refractivity contribution in [2.45, 2.75) is 71.1 Å². The molecular weight excluding hydrogens is 332 g/mol. The van der Waals surface area contributed by atoms with Gasteiger partial charge in [-0.1, -0.05) is 13.8 Å². The molecule has 1 aliphatic heterocycles. The lowest BCUT2D eigenvalue weighted by Crippen LogP contribution is -2.50. The van der Waals surface area contributed by atoms with Crippen LogP contribution in [-0.2, 0) is 4.79 Å². The molecule has 0 radical (unpaired) electrons. The molecule has 0 aromatic rings. The van der Waals surface area contributed by atoms with Crippen molar-refractivity contribution in [1.82, 2.24) is 15.5 Å². The maximum atomic E-state index is 12.5. The van der Waals surface area contributed by atoms with Crippen LogP contribution in [0.4, 0.5) is 0 Å². The van der Waals surface area contributed by atoms with Crippen LogP contribution in [0.5, 0.6) is 0 Å². The second kappa shape index (κ2) is 10.9. The van der Waals surface area contributed by atoms with Crippen molar-refractivity contribution in [1.29, 1.82) is 0 Å². The number of likely N-dealkylation sites (tertiary alicyclic amines) is 1. The molecule has 0 spiro atoms. The van der Waals surface area contributed by atoms with Crippen molar-refractivity contribution in [3.8, 4) is 0 Å². The van der Waals surface area contributed by atoms with E-state index < -0.39 is 0 Å². The van der Waals surface area contributed by atoms with Gasteiger partial charge in [-0.05, 0) is 52.7 Å². The van der Waals surface area contributed by atoms with Crippen molar-refractivity contribution in [3.63, 3.8) is 0 Å². The molecule has 0 aliphatic carbocycles. The minimum atomic E-state index is 0.146. The number of amides is 1. The van der Waals surface area contributed by atoms with E-state index in [0.29, 0.717) is 11.9 Å². The van der Waals surface area contributed by atoms with Gasteiger partial charge in [0.1, 0.15) is 0 Å². The summed E-state index contributed by atoms with van der Waals surface area (Å²) in [5, 5.41) is 6.91. The van der Waals surface area contributed by atoms with Crippen LogP contribution in [0.2, 0.25) is 0 Å². The highest BCUT2D eigenvalue weighted by Crippen LogP contribution is 2.21. The minimum Gasteiger partial charge on any atom is -0.357 e. The number of carbonyl (C=O) groups is 1. The van der Waals surface area contributed by atoms with Crippen LogP contribution >= 0.6 is 11.8 Å². The topological polar surface area (TPSA) is 56.7 Å². The van der Waals surface area contributed by atoms with Gasteiger partial charge in [0.15, 0.2) is 5.96 Å². The second-order valence-electron chi connectivity index (χ2n) is 7.42. The summed E-state index contributed by atoms with van der Waals surface area (Å²) < 4.78 is 0.146. The standard InChI is InChI=1S/C19H38N4OS/c1-7-15(8-2)17(24)23-12-10-16(11-13-23)22-18(20-9-3)21-14-19(4,5)25-6/h15-16H,7-14H2,1-6H3,(H2,20,21,22). The van der Waals surface area contributed by atoms with Gasteiger partial charge in [-0.15, -0.1) is 0 Å². The molecule has 5 nitrogen and oxygen atoms in total. The van der Waals surface area contributed by atoms with E-state index in [-0.39, 0.29) is 10.7 Å². The molecule has 1 fully saturated rings. The van der Waals surface area contributed by atoms with Gasteiger partial charge in [0.05, 0.1) is 6.54 Å². The number of piperidine rings is 1. The molecule has 6 heteroatoms. The Balaban J connectivity index is 2.54. The van der Waals surface area contributed by atoms with Gasteiger partial charge in [-0.25, -0.2) is 0 Å². The zero-order valence-electron chi connectivity index (χ0n) is 17.0. The van der Waals surface area contributed by atoms with E-state index in [1.54, 1.807) is 0 Å². The van der Waals surface area contributed by atoms with Crippen LogP contribution in [0.25, 0.3) is 0 Å². The smallest absolute Gasteiger partial charge is 0.225 e. The summed E-state index contributed by atoms with van der Waals surface area (Å²) in [6.07, 6.45) is 5.98. The molecule has 1 rings (SSSR count). The number of hydrogen-bond donors (Lipinski definition) is 2. The monoisotopic (exact) mass is 370 g/mol. The Kier molecular flexibility index (Phi) is 9.69. The third-order valence-electron chi connectivity index (χ3n) is 5.00. The molecule has 0 saturated carbocycles. The Hall–Kier alpha value is -0.910. The zero-order chi connectivity index (χ0) is 18.9. The first-order valence-electron chi connectivity index (χ1n) is 9.75. The fourth-order valence-corrected chi connectivity index (χ4v) is 3.18. The van der Waals surface area contributed by atoms with Crippen LogP contribution in [0.15, 0.2) is 4.99 Å². The number of aliphatic imine (C=N–C) groups is 1. The van der Waals surface area contributed by atoms with E-state index in [4.69, 9.17) is 4.99 Å². The van der Waals surface area contributed by atoms with Crippen LogP contribution in [0.1, 0.15) is 60.3 Å². The molecule has 0 aromatic carbocycles. The van der Waals surface area contributed by atoms with E-state index in [0.717, 1.165) is 57.8 Å². The molecule has 25 heavy (non-hydrogen) atoms. The van der Waals surface area contributed by atoms with Gasteiger partial charge in [0, 0.05) is 36.3 Å². The first-order valence-corrected chi connectivity index (χ1v) is 11.0. The SMILES string of the molecule is CCNC(=NCC(C)(C)SC)NC1CCN(C(=O)C(CC)CC)CC1. The first kappa shape index (κ1) is 22.1. The van der Waals surface area contributed by atoms with Crippen molar-refractivity contribution >= 4 is 23.6 Å². The largest absolute Gasteiger partial charge is 0.357 e. The van der Waals surface area contributed by atoms with Gasteiger partial charge in [0.2, 0.25) is 5.91 Å². The van der Waals surface area contributed by atoms with Gasteiger partial charge in [-0.2, -0.15) is 11.8 Å². The first-order chi connectivity index (χ1) is 11.9. The number of nitrogens with zero attached hydrogens (tertiary/aromatic N) is 2. The van der Waals surface area contributed by atoms with Crippen molar-refractivity contribution in [2.75, 3.05) is 32.4 Å². The Labute approximate surface area is 158 Å². The summed E-state index contributed by atoms with van der Waals surface area (Å²) in [4.78, 5) is 19.3. The van der Waals surface area contributed by atoms with E-state index in [2.05, 4.69) is 56.4 Å². The van der Waals surface area contributed by atoms with E-state index in [9.17, 15) is 4.79 Å². The lowest BCUT2D eigenvalue weighted by Gasteiger charge is -2.35. The number of hydrogen-bond acceptors (Lipinski definition) is 3. The number of thioether (sulfide) groups is 1. The Morgan fingerprint density at radius 3 is 2.32 bits per heavy atom. The van der Waals surface area contributed by atoms with Crippen LogP contribution in [-0.4, -0.2) is 60.0 Å². The van der Waals surface area contributed by atoms with Crippen LogP contribution < -0.4 is 10.6 Å². The molecule has 1 heterocycles. The lowest BCUT2D eigenvalue weighted by molar-refractivity contribution is -0.136. The van der Waals surface area contributed by atoms with Crippen molar-refractivity contribution in [3.05, 3.63) is 0 Å². The minimum absolute atomic E-state index is 0.146. The van der Waals surface area contributed by atoms with E-state index in [1.807, 2.05) is 11.8 Å². The van der Waals surface area contributed by atoms with Crippen LogP contribution in [0, 0.1) is 5.92 Å². The highest BCUT2D eigenvalue weighted by atomic mass is 32.2. The predicted octanol–water partition coefficient (Wildman–Crippen LogP) is 3.11. The molecule has 0 unspecified atom stereocenters. The quantitative estimate of drug-likeness (QED) is 0.509. The Bertz CT molecular complexity index is 427. The summed E-state index contributed by atoms with van der Waals surface area (Å²) >= 11 is 1.84. The molecule has 1 saturated heterocycles. The molecule has 0 bridgehead atoms. The Morgan fingerprint density at radius 1 is 1.24 bits per heavy atom. The average molecular weight is 371 g/mol. The van der Waals surface area contributed by atoms with Gasteiger partial charge < -0.3 is 15.5 Å². The van der Waals surface area contributed by atoms with Crippen molar-refractivity contribution < 1.29 is 4.79 Å². The van der Waals surface area contributed by atoms with Crippen molar-refractivity contribution in [2.24, 2.45) is 10.9 Å². The number of carbonyl (C=O) groups excluding carboxylic acids is 1. The van der Waals surface area contributed by atoms with Crippen LogP contribution in [0.3, 0.4) is 0 Å². The second-order valence-corrected chi connectivity index (χ2v) is 8.93. The predicted molar refractivity (Wildman–Crippen MR) is 110 cm³/mol. The molecule has 1 amide bonds. The molecule has 1 aliphatic rings. The Morgan fingerprint density at radius 2 is 1.84 bits per heavy atom. The van der Waals surface area contributed by atoms with E-state index >= 15 is 0 Å². The summed E-state index contributed by atoms with van der Waals surface area (Å²) in [5.41, 5.74) is 0. The summed E-state index contributed by atoms with van der Waals surface area (Å²) in [6.45, 7) is 14.1. The molecule has 146 valence electrons. The summed E-state index contributed by atoms with van der Waals surface area (Å²) in [6, 6.07) is 0.390. The molecule has 0 atom stereocenters. The molecule has 0 aromatic heterocycles. The third-order valence-corrected chi connectivity index (χ3v) is 6.23. The summed E-state index contributed by atoms with van der Waals surface area (Å²) in [7, 11) is 0. The third kappa shape index (κ3) is 7.47. The highest BCUT2D eigenvalue weighted by molar-refractivity contribution is 7.99. The van der Waals surface area contributed by atoms with E-state index in [1.165, 1.54) is 0 Å². The van der Waals surface area contributed by atoms with Gasteiger partial charge in [-0.3, -0.25) is 9.79 Å². The highest BCUT2D eigenvalue weighted by Gasteiger charge is 2.27. The fourth-order valence-electron chi connectivity index (χ4n) is 2.99. The van der Waals surface area contributed by atoms with Gasteiger partial charge >= 0.3 is 0 Å². The molecular formula is C19H38N4OS. The number of nitrogens with one attached hydrogen (secondary N) is 2.